The van der Waals surface area contributed by atoms with Gasteiger partial charge in [0.05, 0.1) is 6.26 Å². The van der Waals surface area contributed by atoms with Crippen molar-refractivity contribution >= 4 is 21.6 Å². The fourth-order valence-corrected chi connectivity index (χ4v) is 3.74. The minimum Gasteiger partial charge on any atom is -0.310 e. The van der Waals surface area contributed by atoms with Crippen LogP contribution in [-0.4, -0.2) is 38.1 Å². The largest absolute Gasteiger partial charge is 0.310 e. The van der Waals surface area contributed by atoms with Gasteiger partial charge in [-0.05, 0) is 24.0 Å². The molecule has 1 aromatic rings. The van der Waals surface area contributed by atoms with E-state index in [4.69, 9.17) is 11.6 Å². The van der Waals surface area contributed by atoms with E-state index in [1.54, 1.807) is 4.31 Å². The normalized spacial score (nSPS) is 24.8. The van der Waals surface area contributed by atoms with Crippen LogP contribution in [0.25, 0.3) is 0 Å². The molecule has 0 amide bonds. The summed E-state index contributed by atoms with van der Waals surface area (Å²) in [4.78, 5) is 0. The quantitative estimate of drug-likeness (QED) is 0.925. The van der Waals surface area contributed by atoms with Crippen molar-refractivity contribution in [2.24, 2.45) is 5.92 Å². The molecule has 6 heteroatoms. The molecule has 1 heterocycles. The minimum absolute atomic E-state index is 0.293. The number of hydrogen-bond acceptors (Lipinski definition) is 3. The topological polar surface area (TPSA) is 49.4 Å². The molecule has 0 radical (unpaired) electrons. The van der Waals surface area contributed by atoms with Gasteiger partial charge < -0.3 is 5.32 Å². The summed E-state index contributed by atoms with van der Waals surface area (Å²) < 4.78 is 24.7. The SMILES string of the molecule is C[C@H]1CN(S(C)(=O)=O)CC[C@@H]1NCc1ccccc1Cl. The summed E-state index contributed by atoms with van der Waals surface area (Å²) in [6.45, 7) is 3.97. The van der Waals surface area contributed by atoms with Crippen LogP contribution in [0.2, 0.25) is 5.02 Å². The molecule has 112 valence electrons. The summed E-state index contributed by atoms with van der Waals surface area (Å²) in [6.07, 6.45) is 2.11. The van der Waals surface area contributed by atoms with Gasteiger partial charge in [-0.15, -0.1) is 0 Å². The lowest BCUT2D eigenvalue weighted by molar-refractivity contribution is 0.220. The van der Waals surface area contributed by atoms with Crippen LogP contribution in [0, 0.1) is 5.92 Å². The van der Waals surface area contributed by atoms with Gasteiger partial charge in [-0.2, -0.15) is 0 Å². The van der Waals surface area contributed by atoms with E-state index in [0.717, 1.165) is 17.0 Å². The Balaban J connectivity index is 1.91. The second-order valence-electron chi connectivity index (χ2n) is 5.47. The minimum atomic E-state index is -3.07. The van der Waals surface area contributed by atoms with Crippen LogP contribution in [0.5, 0.6) is 0 Å². The number of sulfonamides is 1. The third-order valence-corrected chi connectivity index (χ3v) is 5.49. The molecule has 1 aliphatic heterocycles. The highest BCUT2D eigenvalue weighted by molar-refractivity contribution is 7.88. The van der Waals surface area contributed by atoms with Crippen LogP contribution >= 0.6 is 11.6 Å². The Morgan fingerprint density at radius 3 is 2.70 bits per heavy atom. The molecule has 2 rings (SSSR count). The van der Waals surface area contributed by atoms with Crippen molar-refractivity contribution in [1.29, 1.82) is 0 Å². The highest BCUT2D eigenvalue weighted by Crippen LogP contribution is 2.20. The number of piperidine rings is 1. The highest BCUT2D eigenvalue weighted by atomic mass is 35.5. The average molecular weight is 317 g/mol. The zero-order valence-electron chi connectivity index (χ0n) is 11.8. The van der Waals surface area contributed by atoms with Gasteiger partial charge in [0.1, 0.15) is 0 Å². The van der Waals surface area contributed by atoms with E-state index in [1.165, 1.54) is 6.26 Å². The predicted octanol–water partition coefficient (Wildman–Crippen LogP) is 2.10. The Morgan fingerprint density at radius 2 is 2.10 bits per heavy atom. The lowest BCUT2D eigenvalue weighted by Gasteiger charge is -2.36. The van der Waals surface area contributed by atoms with E-state index >= 15 is 0 Å². The third kappa shape index (κ3) is 3.95. The molecule has 1 aliphatic rings. The lowest BCUT2D eigenvalue weighted by atomic mass is 9.95. The molecule has 1 N–H and O–H groups in total. The molecule has 1 saturated heterocycles. The zero-order chi connectivity index (χ0) is 14.8. The molecule has 20 heavy (non-hydrogen) atoms. The van der Waals surface area contributed by atoms with E-state index < -0.39 is 10.0 Å². The third-order valence-electron chi connectivity index (χ3n) is 3.85. The van der Waals surface area contributed by atoms with Crippen molar-refractivity contribution in [1.82, 2.24) is 9.62 Å². The van der Waals surface area contributed by atoms with E-state index in [2.05, 4.69) is 12.2 Å². The standard InChI is InChI=1S/C14H21ClN2O2S/c1-11-10-17(20(2,18)19)8-7-14(11)16-9-12-5-3-4-6-13(12)15/h3-6,11,14,16H,7-10H2,1-2H3/t11-,14-/m0/s1. The molecule has 0 saturated carbocycles. The van der Waals surface area contributed by atoms with Gasteiger partial charge in [0.2, 0.25) is 10.0 Å². The van der Waals surface area contributed by atoms with E-state index in [0.29, 0.717) is 31.6 Å². The highest BCUT2D eigenvalue weighted by Gasteiger charge is 2.30. The Kier molecular flexibility index (Phi) is 5.07. The Bertz CT molecular complexity index is 562. The maximum absolute atomic E-state index is 11.6. The molecular weight excluding hydrogens is 296 g/mol. The summed E-state index contributed by atoms with van der Waals surface area (Å²) in [5.41, 5.74) is 1.08. The fraction of sp³-hybridized carbons (Fsp3) is 0.571. The number of hydrogen-bond donors (Lipinski definition) is 1. The number of nitrogens with one attached hydrogen (secondary N) is 1. The zero-order valence-corrected chi connectivity index (χ0v) is 13.4. The molecule has 0 spiro atoms. The van der Waals surface area contributed by atoms with E-state index in [1.807, 2.05) is 24.3 Å². The van der Waals surface area contributed by atoms with Crippen molar-refractivity contribution in [2.75, 3.05) is 19.3 Å². The van der Waals surface area contributed by atoms with Gasteiger partial charge in [-0.1, -0.05) is 36.7 Å². The van der Waals surface area contributed by atoms with Crippen LogP contribution in [-0.2, 0) is 16.6 Å². The molecule has 0 aliphatic carbocycles. The van der Waals surface area contributed by atoms with Crippen LogP contribution < -0.4 is 5.32 Å². The first-order chi connectivity index (χ1) is 9.38. The first kappa shape index (κ1) is 15.8. The van der Waals surface area contributed by atoms with Crippen molar-refractivity contribution in [3.8, 4) is 0 Å². The number of halogens is 1. The Labute approximate surface area is 126 Å². The van der Waals surface area contributed by atoms with Gasteiger partial charge in [0.15, 0.2) is 0 Å². The van der Waals surface area contributed by atoms with E-state index in [9.17, 15) is 8.42 Å². The second-order valence-corrected chi connectivity index (χ2v) is 7.86. The second kappa shape index (κ2) is 6.43. The fourth-order valence-electron chi connectivity index (χ4n) is 2.59. The molecule has 0 aromatic heterocycles. The number of benzene rings is 1. The first-order valence-electron chi connectivity index (χ1n) is 6.80. The van der Waals surface area contributed by atoms with Crippen molar-refractivity contribution < 1.29 is 8.42 Å². The molecule has 1 aromatic carbocycles. The van der Waals surface area contributed by atoms with Crippen molar-refractivity contribution in [2.45, 2.75) is 25.9 Å². The Morgan fingerprint density at radius 1 is 1.40 bits per heavy atom. The van der Waals surface area contributed by atoms with Crippen LogP contribution in [0.3, 0.4) is 0 Å². The summed E-state index contributed by atoms with van der Waals surface area (Å²) in [5, 5.41) is 4.26. The van der Waals surface area contributed by atoms with Crippen molar-refractivity contribution in [3.63, 3.8) is 0 Å². The molecular formula is C14H21ClN2O2S. The first-order valence-corrected chi connectivity index (χ1v) is 9.02. The maximum Gasteiger partial charge on any atom is 0.211 e. The average Bonchev–Trinajstić information content (AvgIpc) is 2.38. The lowest BCUT2D eigenvalue weighted by Crippen LogP contribution is -2.49. The smallest absolute Gasteiger partial charge is 0.211 e. The van der Waals surface area contributed by atoms with E-state index in [-0.39, 0.29) is 0 Å². The summed E-state index contributed by atoms with van der Waals surface area (Å²) >= 11 is 6.13. The van der Waals surface area contributed by atoms with Crippen LogP contribution in [0.1, 0.15) is 18.9 Å². The summed E-state index contributed by atoms with van der Waals surface area (Å²) in [6, 6.07) is 8.10. The molecule has 0 bridgehead atoms. The Hall–Kier alpha value is -0.620. The monoisotopic (exact) mass is 316 g/mol. The number of nitrogens with zero attached hydrogens (tertiary/aromatic N) is 1. The molecule has 1 fully saturated rings. The predicted molar refractivity (Wildman–Crippen MR) is 82.3 cm³/mol. The van der Waals surface area contributed by atoms with Crippen LogP contribution in [0.4, 0.5) is 0 Å². The van der Waals surface area contributed by atoms with Gasteiger partial charge in [0.25, 0.3) is 0 Å². The maximum atomic E-state index is 11.6. The molecule has 0 unspecified atom stereocenters. The summed E-state index contributed by atoms with van der Waals surface area (Å²) in [7, 11) is -3.07. The molecule has 4 nitrogen and oxygen atoms in total. The van der Waals surface area contributed by atoms with Gasteiger partial charge in [-0.3, -0.25) is 0 Å². The van der Waals surface area contributed by atoms with Gasteiger partial charge >= 0.3 is 0 Å². The van der Waals surface area contributed by atoms with Gasteiger partial charge in [-0.25, -0.2) is 12.7 Å². The van der Waals surface area contributed by atoms with Gasteiger partial charge in [0, 0.05) is 30.7 Å². The number of rotatable bonds is 4. The van der Waals surface area contributed by atoms with Crippen LogP contribution in [0.15, 0.2) is 24.3 Å². The molecule has 2 atom stereocenters. The van der Waals surface area contributed by atoms with Crippen molar-refractivity contribution in [3.05, 3.63) is 34.9 Å². The summed E-state index contributed by atoms with van der Waals surface area (Å²) in [5.74, 6) is 0.293.